The van der Waals surface area contributed by atoms with Gasteiger partial charge in [-0.1, -0.05) is 0 Å². The molecule has 18 heavy (non-hydrogen) atoms. The highest BCUT2D eigenvalue weighted by atomic mass is 79.9. The first kappa shape index (κ1) is 13.8. The van der Waals surface area contributed by atoms with Gasteiger partial charge in [0.15, 0.2) is 0 Å². The van der Waals surface area contributed by atoms with E-state index >= 15 is 0 Å². The molecule has 0 amide bonds. The number of hydrogen-bond donors (Lipinski definition) is 1. The van der Waals surface area contributed by atoms with Crippen molar-refractivity contribution in [3.05, 3.63) is 22.3 Å². The van der Waals surface area contributed by atoms with Crippen molar-refractivity contribution in [1.29, 1.82) is 0 Å². The smallest absolute Gasteiger partial charge is 0.140 e. The van der Waals surface area contributed by atoms with E-state index in [-0.39, 0.29) is 0 Å². The zero-order chi connectivity index (χ0) is 13.1. The van der Waals surface area contributed by atoms with Crippen molar-refractivity contribution in [1.82, 2.24) is 9.88 Å². The molecule has 0 spiro atoms. The lowest BCUT2D eigenvalue weighted by Crippen LogP contribution is -2.29. The molecule has 1 N–H and O–H groups in total. The first-order chi connectivity index (χ1) is 8.58. The second-order valence-corrected chi connectivity index (χ2v) is 6.21. The monoisotopic (exact) mass is 311 g/mol. The van der Waals surface area contributed by atoms with Crippen LogP contribution in [0.5, 0.6) is 0 Å². The number of halogens is 1. The van der Waals surface area contributed by atoms with E-state index in [1.807, 2.05) is 12.3 Å². The van der Waals surface area contributed by atoms with Gasteiger partial charge in [0.2, 0.25) is 0 Å². The van der Waals surface area contributed by atoms with E-state index < -0.39 is 0 Å². The van der Waals surface area contributed by atoms with E-state index in [4.69, 9.17) is 0 Å². The molecule has 2 heterocycles. The fourth-order valence-corrected chi connectivity index (χ4v) is 2.78. The summed E-state index contributed by atoms with van der Waals surface area (Å²) in [6, 6.07) is 2.68. The molecule has 1 aliphatic heterocycles. The van der Waals surface area contributed by atoms with Crippen LogP contribution in [0.15, 0.2) is 16.7 Å². The molecule has 100 valence electrons. The van der Waals surface area contributed by atoms with Crippen molar-refractivity contribution in [3.8, 4) is 0 Å². The number of anilines is 1. The number of aromatic nitrogens is 1. The van der Waals surface area contributed by atoms with Crippen LogP contribution in [-0.4, -0.2) is 35.6 Å². The zero-order valence-electron chi connectivity index (χ0n) is 11.4. The van der Waals surface area contributed by atoms with E-state index in [1.165, 1.54) is 25.1 Å². The largest absolute Gasteiger partial charge is 0.369 e. The fourth-order valence-electron chi connectivity index (χ4n) is 2.40. The van der Waals surface area contributed by atoms with Gasteiger partial charge in [-0.3, -0.25) is 0 Å². The maximum atomic E-state index is 4.38. The van der Waals surface area contributed by atoms with Crippen molar-refractivity contribution >= 4 is 21.7 Å². The second kappa shape index (κ2) is 6.02. The van der Waals surface area contributed by atoms with Crippen molar-refractivity contribution < 1.29 is 0 Å². The van der Waals surface area contributed by atoms with Gasteiger partial charge in [-0.05, 0) is 67.2 Å². The van der Waals surface area contributed by atoms with Crippen molar-refractivity contribution in [3.63, 3.8) is 0 Å². The van der Waals surface area contributed by atoms with Crippen LogP contribution in [0.2, 0.25) is 0 Å². The Labute approximate surface area is 118 Å². The highest BCUT2D eigenvalue weighted by Crippen LogP contribution is 2.25. The van der Waals surface area contributed by atoms with Crippen LogP contribution < -0.4 is 5.32 Å². The molecule has 1 atom stereocenters. The van der Waals surface area contributed by atoms with Crippen LogP contribution in [0.1, 0.15) is 25.8 Å². The van der Waals surface area contributed by atoms with Gasteiger partial charge in [0.1, 0.15) is 5.82 Å². The Morgan fingerprint density at radius 3 is 3.00 bits per heavy atom. The van der Waals surface area contributed by atoms with E-state index in [0.717, 1.165) is 22.8 Å². The third-order valence-corrected chi connectivity index (χ3v) is 4.69. The Bertz CT molecular complexity index is 406. The highest BCUT2D eigenvalue weighted by Gasteiger charge is 2.24. The second-order valence-electron chi connectivity index (χ2n) is 5.41. The number of nitrogens with zero attached hydrogens (tertiary/aromatic N) is 2. The van der Waals surface area contributed by atoms with E-state index in [2.05, 4.69) is 51.9 Å². The Balaban J connectivity index is 1.87. The van der Waals surface area contributed by atoms with E-state index in [9.17, 15) is 0 Å². The van der Waals surface area contributed by atoms with Gasteiger partial charge in [-0.25, -0.2) is 4.98 Å². The van der Waals surface area contributed by atoms with Gasteiger partial charge in [-0.2, -0.15) is 0 Å². The van der Waals surface area contributed by atoms with Crippen molar-refractivity contribution in [2.75, 3.05) is 25.0 Å². The van der Waals surface area contributed by atoms with Crippen LogP contribution in [0, 0.1) is 12.8 Å². The Morgan fingerprint density at radius 1 is 1.56 bits per heavy atom. The molecule has 0 radical (unpaired) electrons. The minimum absolute atomic E-state index is 0.666. The van der Waals surface area contributed by atoms with Crippen molar-refractivity contribution in [2.24, 2.45) is 5.92 Å². The molecule has 1 aliphatic rings. The summed E-state index contributed by atoms with van der Waals surface area (Å²) in [5, 5.41) is 3.47. The van der Waals surface area contributed by atoms with Gasteiger partial charge in [-0.15, -0.1) is 0 Å². The average Bonchev–Trinajstić information content (AvgIpc) is 2.80. The summed E-state index contributed by atoms with van der Waals surface area (Å²) in [4.78, 5) is 6.93. The van der Waals surface area contributed by atoms with Gasteiger partial charge in [0.25, 0.3) is 0 Å². The predicted molar refractivity (Wildman–Crippen MR) is 80.0 cm³/mol. The molecule has 0 aromatic carbocycles. The topological polar surface area (TPSA) is 28.2 Å². The lowest BCUT2D eigenvalue weighted by atomic mass is 10.1. The number of aryl methyl sites for hydroxylation is 1. The van der Waals surface area contributed by atoms with Crippen LogP contribution in [0.25, 0.3) is 0 Å². The molecule has 0 saturated carbocycles. The third kappa shape index (κ3) is 3.23. The van der Waals surface area contributed by atoms with E-state index in [0.29, 0.717) is 6.04 Å². The molecule has 0 bridgehead atoms. The highest BCUT2D eigenvalue weighted by molar-refractivity contribution is 9.10. The molecule has 1 fully saturated rings. The SMILES string of the molecule is Cc1ccnc(NCC2CCN(C(C)C)C2)c1Br. The number of likely N-dealkylation sites (tertiary alicyclic amines) is 1. The average molecular weight is 312 g/mol. The van der Waals surface area contributed by atoms with Gasteiger partial charge < -0.3 is 10.2 Å². The molecule has 1 unspecified atom stereocenters. The summed E-state index contributed by atoms with van der Waals surface area (Å²) in [5.74, 6) is 1.71. The predicted octanol–water partition coefficient (Wildman–Crippen LogP) is 3.29. The number of rotatable bonds is 4. The molecule has 1 aromatic rings. The Kier molecular flexibility index (Phi) is 4.62. The zero-order valence-corrected chi connectivity index (χ0v) is 13.0. The van der Waals surface area contributed by atoms with Crippen LogP contribution >= 0.6 is 15.9 Å². The fraction of sp³-hybridized carbons (Fsp3) is 0.643. The Hall–Kier alpha value is -0.610. The molecular formula is C14H22BrN3. The molecule has 2 rings (SSSR count). The maximum Gasteiger partial charge on any atom is 0.140 e. The van der Waals surface area contributed by atoms with Crippen LogP contribution in [-0.2, 0) is 0 Å². The number of pyridine rings is 1. The summed E-state index contributed by atoms with van der Waals surface area (Å²) in [7, 11) is 0. The molecule has 1 saturated heterocycles. The summed E-state index contributed by atoms with van der Waals surface area (Å²) in [6.07, 6.45) is 3.14. The first-order valence-electron chi connectivity index (χ1n) is 6.67. The lowest BCUT2D eigenvalue weighted by molar-refractivity contribution is 0.266. The molecular weight excluding hydrogens is 290 g/mol. The molecule has 3 nitrogen and oxygen atoms in total. The number of nitrogens with one attached hydrogen (secondary N) is 1. The minimum Gasteiger partial charge on any atom is -0.369 e. The summed E-state index contributed by atoms with van der Waals surface area (Å²) in [6.45, 7) is 10.1. The molecule has 4 heteroatoms. The maximum absolute atomic E-state index is 4.38. The summed E-state index contributed by atoms with van der Waals surface area (Å²) < 4.78 is 1.09. The molecule has 0 aliphatic carbocycles. The van der Waals surface area contributed by atoms with E-state index in [1.54, 1.807) is 0 Å². The summed E-state index contributed by atoms with van der Waals surface area (Å²) in [5.41, 5.74) is 1.22. The van der Waals surface area contributed by atoms with Crippen LogP contribution in [0.3, 0.4) is 0 Å². The van der Waals surface area contributed by atoms with Crippen molar-refractivity contribution in [2.45, 2.75) is 33.2 Å². The molecule has 1 aromatic heterocycles. The van der Waals surface area contributed by atoms with Gasteiger partial charge >= 0.3 is 0 Å². The number of hydrogen-bond acceptors (Lipinski definition) is 3. The third-order valence-electron chi connectivity index (χ3n) is 3.69. The minimum atomic E-state index is 0.666. The Morgan fingerprint density at radius 2 is 2.33 bits per heavy atom. The van der Waals surface area contributed by atoms with Gasteiger partial charge in [0, 0.05) is 25.3 Å². The van der Waals surface area contributed by atoms with Gasteiger partial charge in [0.05, 0.1) is 4.47 Å². The quantitative estimate of drug-likeness (QED) is 0.924. The van der Waals surface area contributed by atoms with Crippen LogP contribution in [0.4, 0.5) is 5.82 Å². The lowest BCUT2D eigenvalue weighted by Gasteiger charge is -2.20. The standard InChI is InChI=1S/C14H22BrN3/c1-10(2)18-7-5-12(9-18)8-17-14-13(15)11(3)4-6-16-14/h4,6,10,12H,5,7-9H2,1-3H3,(H,16,17). The normalized spacial score (nSPS) is 20.6. The summed E-state index contributed by atoms with van der Waals surface area (Å²) >= 11 is 3.59. The first-order valence-corrected chi connectivity index (χ1v) is 7.46.